The molecule has 4 heteroatoms. The molecule has 0 aliphatic rings. The number of hydrogen-bond acceptors (Lipinski definition) is 2. The third-order valence-electron chi connectivity index (χ3n) is 3.26. The third-order valence-corrected chi connectivity index (χ3v) is 3.26. The van der Waals surface area contributed by atoms with Gasteiger partial charge in [-0.05, 0) is 30.4 Å². The van der Waals surface area contributed by atoms with Crippen molar-refractivity contribution >= 4 is 11.6 Å². The first-order valence-electron chi connectivity index (χ1n) is 6.98. The predicted molar refractivity (Wildman–Crippen MR) is 81.6 cm³/mol. The number of benzene rings is 1. The highest BCUT2D eigenvalue weighted by atomic mass is 16.3. The van der Waals surface area contributed by atoms with E-state index >= 15 is 0 Å². The number of guanidine groups is 1. The summed E-state index contributed by atoms with van der Waals surface area (Å²) < 4.78 is 0. The molecule has 0 amide bonds. The van der Waals surface area contributed by atoms with E-state index in [1.807, 2.05) is 6.92 Å². The number of nitrogens with one attached hydrogen (secondary N) is 1. The standard InChI is InChI=1S/C15H25N3O/c1-4-11-8-7-9-12(5-2)14(11)18-15(16)17-13(6-3)10-19/h7-9,13,19H,4-6,10H2,1-3H3,(H3,16,17,18)/t13-/m1/s1. The van der Waals surface area contributed by atoms with E-state index < -0.39 is 0 Å². The zero-order valence-electron chi connectivity index (χ0n) is 12.1. The summed E-state index contributed by atoms with van der Waals surface area (Å²) in [5.74, 6) is 0.372. The molecule has 0 spiro atoms. The van der Waals surface area contributed by atoms with Gasteiger partial charge >= 0.3 is 0 Å². The molecule has 106 valence electrons. The minimum atomic E-state index is -0.133. The Bertz CT molecular complexity index is 403. The number of aryl methyl sites for hydroxylation is 2. The molecule has 0 aliphatic heterocycles. The Morgan fingerprint density at radius 2 is 1.84 bits per heavy atom. The quantitative estimate of drug-likeness (QED) is 0.545. The summed E-state index contributed by atoms with van der Waals surface area (Å²) in [6.07, 6.45) is 2.66. The minimum absolute atomic E-state index is 0.0228. The molecule has 0 unspecified atom stereocenters. The van der Waals surface area contributed by atoms with Crippen LogP contribution in [0.1, 0.15) is 38.3 Å². The number of nitrogens with zero attached hydrogens (tertiary/aromatic N) is 1. The Kier molecular flexibility index (Phi) is 6.36. The highest BCUT2D eigenvalue weighted by Crippen LogP contribution is 2.22. The Morgan fingerprint density at radius 1 is 1.26 bits per heavy atom. The topological polar surface area (TPSA) is 70.6 Å². The van der Waals surface area contributed by atoms with Gasteiger partial charge in [-0.2, -0.15) is 0 Å². The van der Waals surface area contributed by atoms with Crippen LogP contribution in [0.3, 0.4) is 0 Å². The molecular formula is C15H25N3O. The molecule has 1 aromatic carbocycles. The molecule has 0 fully saturated rings. The molecule has 0 aliphatic carbocycles. The summed E-state index contributed by atoms with van der Waals surface area (Å²) in [5.41, 5.74) is 9.45. The molecule has 4 N–H and O–H groups in total. The number of para-hydroxylation sites is 1. The van der Waals surface area contributed by atoms with E-state index in [2.05, 4.69) is 42.4 Å². The van der Waals surface area contributed by atoms with Crippen LogP contribution < -0.4 is 11.1 Å². The van der Waals surface area contributed by atoms with Crippen molar-refractivity contribution in [3.63, 3.8) is 0 Å². The molecule has 1 atom stereocenters. The highest BCUT2D eigenvalue weighted by Gasteiger charge is 2.08. The molecule has 0 radical (unpaired) electrons. The summed E-state index contributed by atoms with van der Waals surface area (Å²) in [6.45, 7) is 6.25. The van der Waals surface area contributed by atoms with Crippen LogP contribution in [0, 0.1) is 0 Å². The van der Waals surface area contributed by atoms with Crippen molar-refractivity contribution in [3.05, 3.63) is 29.3 Å². The summed E-state index contributed by atoms with van der Waals surface area (Å²) >= 11 is 0. The molecule has 0 aromatic heterocycles. The van der Waals surface area contributed by atoms with Crippen LogP contribution in [0.5, 0.6) is 0 Å². The first kappa shape index (κ1) is 15.5. The summed E-state index contributed by atoms with van der Waals surface area (Å²) in [4.78, 5) is 4.29. The molecule has 4 nitrogen and oxygen atoms in total. The van der Waals surface area contributed by atoms with Crippen molar-refractivity contribution in [3.8, 4) is 0 Å². The number of nitrogens with two attached hydrogens (primary N) is 1. The van der Waals surface area contributed by atoms with Gasteiger partial charge in [0.25, 0.3) is 0 Å². The Morgan fingerprint density at radius 3 is 2.26 bits per heavy atom. The lowest BCUT2D eigenvalue weighted by Crippen LogP contribution is -2.27. The highest BCUT2D eigenvalue weighted by molar-refractivity contribution is 5.94. The van der Waals surface area contributed by atoms with Crippen molar-refractivity contribution in [2.45, 2.75) is 46.1 Å². The van der Waals surface area contributed by atoms with Gasteiger partial charge in [0.15, 0.2) is 5.96 Å². The normalized spacial score (nSPS) is 13.4. The van der Waals surface area contributed by atoms with Gasteiger partial charge in [-0.3, -0.25) is 0 Å². The van der Waals surface area contributed by atoms with Crippen molar-refractivity contribution in [1.29, 1.82) is 0 Å². The molecule has 0 bridgehead atoms. The number of rotatable bonds is 6. The second-order valence-corrected chi connectivity index (χ2v) is 4.54. The number of aliphatic hydroxyl groups excluding tert-OH is 1. The van der Waals surface area contributed by atoms with Crippen LogP contribution in [0.25, 0.3) is 0 Å². The van der Waals surface area contributed by atoms with E-state index in [1.165, 1.54) is 11.1 Å². The summed E-state index contributed by atoms with van der Waals surface area (Å²) in [5, 5.41) is 12.3. The fourth-order valence-electron chi connectivity index (χ4n) is 2.02. The number of aliphatic imine (C=N–C) groups is 1. The number of hydrogen-bond donors (Lipinski definition) is 3. The lowest BCUT2D eigenvalue weighted by atomic mass is 10.0. The molecule has 0 heterocycles. The average molecular weight is 263 g/mol. The van der Waals surface area contributed by atoms with Crippen LogP contribution in [-0.4, -0.2) is 23.7 Å². The summed E-state index contributed by atoms with van der Waals surface area (Å²) in [6, 6.07) is 6.13. The second kappa shape index (κ2) is 7.79. The zero-order chi connectivity index (χ0) is 14.3. The van der Waals surface area contributed by atoms with Crippen molar-refractivity contribution < 1.29 is 5.11 Å². The van der Waals surface area contributed by atoms with Gasteiger partial charge in [-0.1, -0.05) is 39.0 Å². The molecule has 0 saturated heterocycles. The van der Waals surface area contributed by atoms with Crippen molar-refractivity contribution in [1.82, 2.24) is 0 Å². The van der Waals surface area contributed by atoms with E-state index in [9.17, 15) is 0 Å². The smallest absolute Gasteiger partial charge is 0.193 e. The predicted octanol–water partition coefficient (Wildman–Crippen LogP) is 2.31. The first-order valence-corrected chi connectivity index (χ1v) is 6.98. The van der Waals surface area contributed by atoms with Gasteiger partial charge < -0.3 is 16.2 Å². The Labute approximate surface area is 115 Å². The Balaban J connectivity index is 2.97. The maximum absolute atomic E-state index is 9.15. The molecular weight excluding hydrogens is 238 g/mol. The lowest BCUT2D eigenvalue weighted by Gasteiger charge is -2.16. The molecule has 0 saturated carbocycles. The fourth-order valence-corrected chi connectivity index (χ4v) is 2.02. The van der Waals surface area contributed by atoms with Crippen LogP contribution in [0.2, 0.25) is 0 Å². The van der Waals surface area contributed by atoms with Gasteiger partial charge in [0, 0.05) is 5.69 Å². The maximum Gasteiger partial charge on any atom is 0.193 e. The van der Waals surface area contributed by atoms with E-state index in [1.54, 1.807) is 0 Å². The van der Waals surface area contributed by atoms with Crippen LogP contribution in [-0.2, 0) is 12.8 Å². The molecule has 1 rings (SSSR count). The third kappa shape index (κ3) is 4.24. The van der Waals surface area contributed by atoms with Crippen LogP contribution >= 0.6 is 0 Å². The maximum atomic E-state index is 9.15. The van der Waals surface area contributed by atoms with E-state index in [-0.39, 0.29) is 12.6 Å². The van der Waals surface area contributed by atoms with Gasteiger partial charge in [0.1, 0.15) is 0 Å². The van der Waals surface area contributed by atoms with Crippen molar-refractivity contribution in [2.75, 3.05) is 11.9 Å². The van der Waals surface area contributed by atoms with Gasteiger partial charge in [0.05, 0.1) is 12.6 Å². The lowest BCUT2D eigenvalue weighted by molar-refractivity contribution is 0.264. The zero-order valence-corrected chi connectivity index (χ0v) is 12.1. The van der Waals surface area contributed by atoms with E-state index in [0.29, 0.717) is 5.96 Å². The molecule has 1 aromatic rings. The fraction of sp³-hybridized carbons (Fsp3) is 0.533. The van der Waals surface area contributed by atoms with Gasteiger partial charge in [-0.25, -0.2) is 4.99 Å². The first-order chi connectivity index (χ1) is 9.15. The SMILES string of the molecule is CCc1cccc(CC)c1NC(N)=N[C@H](CC)CO. The largest absolute Gasteiger partial charge is 0.394 e. The van der Waals surface area contributed by atoms with Crippen LogP contribution in [0.15, 0.2) is 23.2 Å². The van der Waals surface area contributed by atoms with E-state index in [0.717, 1.165) is 24.9 Å². The van der Waals surface area contributed by atoms with E-state index in [4.69, 9.17) is 10.8 Å². The number of aliphatic hydroxyl groups is 1. The number of anilines is 1. The van der Waals surface area contributed by atoms with Crippen molar-refractivity contribution in [2.24, 2.45) is 10.7 Å². The summed E-state index contributed by atoms with van der Waals surface area (Å²) in [7, 11) is 0. The molecule has 19 heavy (non-hydrogen) atoms. The monoisotopic (exact) mass is 263 g/mol. The second-order valence-electron chi connectivity index (χ2n) is 4.54. The van der Waals surface area contributed by atoms with Crippen LogP contribution in [0.4, 0.5) is 5.69 Å². The van der Waals surface area contributed by atoms with Gasteiger partial charge in [0.2, 0.25) is 0 Å². The minimum Gasteiger partial charge on any atom is -0.394 e. The Hall–Kier alpha value is -1.55. The van der Waals surface area contributed by atoms with Gasteiger partial charge in [-0.15, -0.1) is 0 Å². The average Bonchev–Trinajstić information content (AvgIpc) is 2.44.